The third-order valence-corrected chi connectivity index (χ3v) is 5.49. The number of aromatic hydroxyl groups is 3. The van der Waals surface area contributed by atoms with Crippen molar-refractivity contribution >= 4 is 5.97 Å². The van der Waals surface area contributed by atoms with Gasteiger partial charge in [0.2, 0.25) is 6.29 Å². The molecule has 11 nitrogen and oxygen atoms in total. The normalized spacial score (nSPS) is 29.8. The van der Waals surface area contributed by atoms with Crippen molar-refractivity contribution in [3.05, 3.63) is 47.0 Å². The van der Waals surface area contributed by atoms with Gasteiger partial charge in [-0.2, -0.15) is 0 Å². The highest BCUT2D eigenvalue weighted by atomic mass is 16.7. The van der Waals surface area contributed by atoms with Gasteiger partial charge in [0, 0.05) is 12.5 Å². The van der Waals surface area contributed by atoms with Crippen LogP contribution in [0, 0.1) is 0 Å². The van der Waals surface area contributed by atoms with Gasteiger partial charge in [0.05, 0.1) is 6.61 Å². The smallest absolute Gasteiger partial charge is 0.342 e. The molecule has 0 aromatic heterocycles. The molecule has 2 aromatic rings. The van der Waals surface area contributed by atoms with Gasteiger partial charge in [-0.15, -0.1) is 0 Å². The number of aliphatic hydroxyl groups excluding tert-OH is 4. The van der Waals surface area contributed by atoms with Crippen molar-refractivity contribution < 1.29 is 54.8 Å². The first-order valence-electron chi connectivity index (χ1n) is 9.75. The summed E-state index contributed by atoms with van der Waals surface area (Å²) in [4.78, 5) is 12.4. The molecule has 6 atom stereocenters. The van der Waals surface area contributed by atoms with Gasteiger partial charge in [-0.05, 0) is 29.3 Å². The highest BCUT2D eigenvalue weighted by Crippen LogP contribution is 2.39. The monoisotopic (exact) mass is 450 g/mol. The number of phenols is 3. The summed E-state index contributed by atoms with van der Waals surface area (Å²) in [6, 6.07) is 6.45. The van der Waals surface area contributed by atoms with Crippen LogP contribution in [0.5, 0.6) is 23.0 Å². The van der Waals surface area contributed by atoms with E-state index >= 15 is 0 Å². The van der Waals surface area contributed by atoms with Crippen molar-refractivity contribution in [3.8, 4) is 23.0 Å². The number of aliphatic hydroxyl groups is 4. The Balaban J connectivity index is 1.59. The molecule has 2 aromatic carbocycles. The van der Waals surface area contributed by atoms with E-state index in [2.05, 4.69) is 0 Å². The quantitative estimate of drug-likeness (QED) is 0.296. The van der Waals surface area contributed by atoms with Crippen molar-refractivity contribution in [2.45, 2.75) is 43.2 Å². The van der Waals surface area contributed by atoms with Gasteiger partial charge >= 0.3 is 5.97 Å². The Morgan fingerprint density at radius 2 is 1.72 bits per heavy atom. The first-order valence-corrected chi connectivity index (χ1v) is 9.75. The van der Waals surface area contributed by atoms with Gasteiger partial charge in [0.15, 0.2) is 11.5 Å². The molecule has 0 aliphatic carbocycles. The van der Waals surface area contributed by atoms with Crippen molar-refractivity contribution in [2.24, 2.45) is 0 Å². The number of hydrogen-bond donors (Lipinski definition) is 7. The Bertz CT molecular complexity index is 1020. The lowest BCUT2D eigenvalue weighted by molar-refractivity contribution is -0.277. The lowest BCUT2D eigenvalue weighted by Gasteiger charge is -2.39. The highest BCUT2D eigenvalue weighted by molar-refractivity contribution is 5.95. The van der Waals surface area contributed by atoms with Crippen LogP contribution in [-0.2, 0) is 15.9 Å². The zero-order valence-corrected chi connectivity index (χ0v) is 16.5. The van der Waals surface area contributed by atoms with Gasteiger partial charge in [-0.1, -0.05) is 6.07 Å². The van der Waals surface area contributed by atoms with Crippen LogP contribution in [-0.4, -0.2) is 79.0 Å². The molecule has 1 unspecified atom stereocenters. The summed E-state index contributed by atoms with van der Waals surface area (Å²) in [6.45, 7) is -0.645. The Hall–Kier alpha value is -3.09. The number of carbonyl (C=O) groups excluding carboxylic acids is 1. The number of ether oxygens (including phenoxy) is 3. The third-order valence-electron chi connectivity index (χ3n) is 5.49. The number of fused-ring (bicyclic) bond motifs is 1. The molecule has 0 bridgehead atoms. The number of phenolic OH excluding ortho intramolecular Hbond substituents is 3. The number of esters is 1. The van der Waals surface area contributed by atoms with E-state index in [1.54, 1.807) is 0 Å². The lowest BCUT2D eigenvalue weighted by atomic mass is 9.93. The average molecular weight is 450 g/mol. The second kappa shape index (κ2) is 8.45. The van der Waals surface area contributed by atoms with Crippen molar-refractivity contribution in [1.29, 1.82) is 0 Å². The van der Waals surface area contributed by atoms with E-state index in [-0.39, 0.29) is 29.2 Å². The Kier molecular flexibility index (Phi) is 5.84. The summed E-state index contributed by atoms with van der Waals surface area (Å²) in [5, 5.41) is 69.0. The number of benzene rings is 2. The summed E-state index contributed by atoms with van der Waals surface area (Å²) >= 11 is 0. The van der Waals surface area contributed by atoms with Crippen LogP contribution in [0.25, 0.3) is 0 Å². The maximum atomic E-state index is 12.4. The molecule has 2 aliphatic heterocycles. The minimum atomic E-state index is -1.68. The predicted octanol–water partition coefficient (Wildman–Crippen LogP) is -0.564. The SMILES string of the molecule is O=C1OC(c2ccc(O)c(O[C@@H]3O[C@H](CO)[C@@H](O)[C@H](O)[C@H]3O)c2)Cc2cc(O)cc(O)c21. The molecule has 32 heavy (non-hydrogen) atoms. The number of rotatable bonds is 4. The second-order valence-electron chi connectivity index (χ2n) is 7.64. The van der Waals surface area contributed by atoms with Gasteiger partial charge < -0.3 is 50.0 Å². The molecule has 172 valence electrons. The van der Waals surface area contributed by atoms with Gasteiger partial charge in [-0.25, -0.2) is 4.79 Å². The molecule has 0 amide bonds. The fraction of sp³-hybridized carbons (Fsp3) is 0.381. The van der Waals surface area contributed by atoms with Crippen LogP contribution < -0.4 is 4.74 Å². The van der Waals surface area contributed by atoms with E-state index < -0.39 is 55.1 Å². The number of hydrogen-bond acceptors (Lipinski definition) is 11. The molecule has 1 fully saturated rings. The second-order valence-corrected chi connectivity index (χ2v) is 7.64. The van der Waals surface area contributed by atoms with Gasteiger partial charge in [0.25, 0.3) is 0 Å². The van der Waals surface area contributed by atoms with E-state index in [0.29, 0.717) is 11.1 Å². The molecule has 4 rings (SSSR count). The van der Waals surface area contributed by atoms with E-state index in [9.17, 15) is 40.5 Å². The van der Waals surface area contributed by atoms with E-state index in [0.717, 1.165) is 6.07 Å². The standard InChI is InChI=1S/C21H22O11/c22-7-15-17(26)18(27)19(28)21(32-15)31-14-4-8(1-2-11(14)24)13-5-9-3-10(23)6-12(25)16(9)20(29)30-13/h1-4,6,13,15,17-19,21-28H,5,7H2/t13?,15-,17-,18+,19-,21-/m1/s1. The Labute approximate surface area is 181 Å². The van der Waals surface area contributed by atoms with Crippen LogP contribution in [0.3, 0.4) is 0 Å². The molecule has 1 saturated heterocycles. The van der Waals surface area contributed by atoms with Crippen molar-refractivity contribution in [3.63, 3.8) is 0 Å². The minimum absolute atomic E-state index is 0.0457. The van der Waals surface area contributed by atoms with Crippen molar-refractivity contribution in [1.82, 2.24) is 0 Å². The van der Waals surface area contributed by atoms with Crippen LogP contribution >= 0.6 is 0 Å². The van der Waals surface area contributed by atoms with Gasteiger partial charge in [0.1, 0.15) is 47.6 Å². The Morgan fingerprint density at radius 1 is 0.969 bits per heavy atom. The summed E-state index contributed by atoms with van der Waals surface area (Å²) in [5.74, 6) is -1.93. The van der Waals surface area contributed by atoms with Crippen LogP contribution in [0.15, 0.2) is 30.3 Å². The first kappa shape index (κ1) is 22.1. The molecular weight excluding hydrogens is 428 g/mol. The lowest BCUT2D eigenvalue weighted by Crippen LogP contribution is -2.60. The fourth-order valence-electron chi connectivity index (χ4n) is 3.80. The molecule has 0 spiro atoms. The maximum absolute atomic E-state index is 12.4. The zero-order valence-electron chi connectivity index (χ0n) is 16.5. The number of carbonyl (C=O) groups is 1. The molecule has 2 aliphatic rings. The molecule has 11 heteroatoms. The molecule has 0 radical (unpaired) electrons. The fourth-order valence-corrected chi connectivity index (χ4v) is 3.80. The first-order chi connectivity index (χ1) is 15.2. The zero-order chi connectivity index (χ0) is 23.2. The average Bonchev–Trinajstić information content (AvgIpc) is 2.74. The minimum Gasteiger partial charge on any atom is -0.508 e. The third kappa shape index (κ3) is 3.92. The van der Waals surface area contributed by atoms with Crippen molar-refractivity contribution in [2.75, 3.05) is 6.61 Å². The topological polar surface area (TPSA) is 186 Å². The van der Waals surface area contributed by atoms with Crippen LogP contribution in [0.4, 0.5) is 0 Å². The Morgan fingerprint density at radius 3 is 2.44 bits per heavy atom. The van der Waals surface area contributed by atoms with Crippen LogP contribution in [0.2, 0.25) is 0 Å². The maximum Gasteiger partial charge on any atom is 0.342 e. The van der Waals surface area contributed by atoms with Gasteiger partial charge in [-0.3, -0.25) is 0 Å². The summed E-state index contributed by atoms with van der Waals surface area (Å²) in [5.41, 5.74) is 0.716. The van der Waals surface area contributed by atoms with Crippen LogP contribution in [0.1, 0.15) is 27.6 Å². The summed E-state index contributed by atoms with van der Waals surface area (Å²) < 4.78 is 16.2. The van der Waals surface area contributed by atoms with E-state index in [1.807, 2.05) is 0 Å². The predicted molar refractivity (Wildman–Crippen MR) is 104 cm³/mol. The largest absolute Gasteiger partial charge is 0.508 e. The molecule has 2 heterocycles. The van der Waals surface area contributed by atoms with E-state index in [4.69, 9.17) is 14.2 Å². The van der Waals surface area contributed by atoms with E-state index in [1.165, 1.54) is 24.3 Å². The molecule has 0 saturated carbocycles. The molecule has 7 N–H and O–H groups in total. The summed E-state index contributed by atoms with van der Waals surface area (Å²) in [7, 11) is 0. The number of cyclic esters (lactones) is 1. The molecular formula is C21H22O11. The summed E-state index contributed by atoms with van der Waals surface area (Å²) in [6.07, 6.45) is -8.34. The highest BCUT2D eigenvalue weighted by Gasteiger charge is 2.45.